The first-order valence-corrected chi connectivity index (χ1v) is 16.4. The van der Waals surface area contributed by atoms with Crippen LogP contribution in [0.15, 0.2) is 29.3 Å². The van der Waals surface area contributed by atoms with Crippen molar-refractivity contribution in [3.05, 3.63) is 29.8 Å². The molecule has 20 nitrogen and oxygen atoms in total. The number of hydrogen-bond donors (Lipinski definition) is 12. The van der Waals surface area contributed by atoms with Crippen molar-refractivity contribution < 1.29 is 54.0 Å². The molecule has 0 aliphatic rings. The third-order valence-corrected chi connectivity index (χ3v) is 7.13. The molecule has 0 aromatic heterocycles. The first kappa shape index (κ1) is 46.5. The minimum atomic E-state index is -1.67. The van der Waals surface area contributed by atoms with Gasteiger partial charge in [-0.1, -0.05) is 26.0 Å². The van der Waals surface area contributed by atoms with Gasteiger partial charge < -0.3 is 64.6 Å². The first-order valence-electron chi connectivity index (χ1n) is 16.4. The summed E-state index contributed by atoms with van der Waals surface area (Å²) in [4.78, 5) is 89.0. The van der Waals surface area contributed by atoms with Gasteiger partial charge in [0, 0.05) is 19.9 Å². The van der Waals surface area contributed by atoms with Crippen LogP contribution < -0.4 is 44.2 Å². The molecule has 0 bridgehead atoms. The number of nitrogens with two attached hydrogens (primary N) is 4. The predicted octanol–water partition coefficient (Wildman–Crippen LogP) is -2.31. The largest absolute Gasteiger partial charge is 0.508 e. The molecular weight excluding hydrogens is 686 g/mol. The number of aliphatic imine (C=N–C) groups is 1. The van der Waals surface area contributed by atoms with Gasteiger partial charge in [-0.25, -0.2) is 4.79 Å². The second-order valence-corrected chi connectivity index (χ2v) is 12.1. The van der Waals surface area contributed by atoms with Gasteiger partial charge in [0.15, 0.2) is 5.96 Å². The Bertz CT molecular complexity index is 1370. The van der Waals surface area contributed by atoms with Gasteiger partial charge in [0.05, 0.1) is 12.5 Å². The summed E-state index contributed by atoms with van der Waals surface area (Å²) in [5.41, 5.74) is 22.6. The average Bonchev–Trinajstić information content (AvgIpc) is 3.04. The molecule has 0 saturated heterocycles. The van der Waals surface area contributed by atoms with E-state index >= 15 is 0 Å². The Morgan fingerprint density at radius 2 is 1.29 bits per heavy atom. The molecule has 1 aromatic rings. The number of aromatic hydroxyl groups is 1. The molecule has 52 heavy (non-hydrogen) atoms. The summed E-state index contributed by atoms with van der Waals surface area (Å²) < 4.78 is 0. The molecule has 0 radical (unpaired) electrons. The topological polar surface area (TPSA) is 365 Å². The van der Waals surface area contributed by atoms with E-state index in [1.54, 1.807) is 13.8 Å². The van der Waals surface area contributed by atoms with Crippen molar-refractivity contribution >= 4 is 47.5 Å². The lowest BCUT2D eigenvalue weighted by Gasteiger charge is -2.27. The molecule has 5 atom stereocenters. The molecule has 0 fully saturated rings. The fraction of sp³-hybridized carbons (Fsp3) is 0.562. The maximum atomic E-state index is 13.3. The van der Waals surface area contributed by atoms with Crippen LogP contribution in [-0.4, -0.2) is 111 Å². The number of carboxylic acids is 3. The smallest absolute Gasteiger partial charge is 0.326 e. The van der Waals surface area contributed by atoms with Crippen LogP contribution in [0.2, 0.25) is 0 Å². The highest BCUT2D eigenvalue weighted by molar-refractivity contribution is 5.96. The summed E-state index contributed by atoms with van der Waals surface area (Å²) in [7, 11) is 0. The molecular formula is C32H53N9O11. The zero-order chi connectivity index (χ0) is 40.0. The Labute approximate surface area is 301 Å². The highest BCUT2D eigenvalue weighted by Crippen LogP contribution is 2.13. The number of nitrogens with one attached hydrogen (secondary N) is 4. The van der Waals surface area contributed by atoms with Gasteiger partial charge >= 0.3 is 11.9 Å². The normalized spacial score (nSPS) is 13.4. The number of guanidine groups is 1. The summed E-state index contributed by atoms with van der Waals surface area (Å²) >= 11 is 0. The van der Waals surface area contributed by atoms with Crippen LogP contribution in [0.3, 0.4) is 0 Å². The SMILES string of the molecule is CC(=O)O.CC(C)[C@@H](NC(=O)[C@@H](CC(=O)O)NC(=O)[C@H](CCCCN)NC(=O)[C@H](N)CCCN=C(N)N)C(=O)N[C@@H](Cc1ccc(O)cc1)C(=O)O. The van der Waals surface area contributed by atoms with Crippen molar-refractivity contribution in [3.63, 3.8) is 0 Å². The van der Waals surface area contributed by atoms with Crippen LogP contribution in [0, 0.1) is 5.92 Å². The fourth-order valence-electron chi connectivity index (χ4n) is 4.47. The molecule has 0 aliphatic heterocycles. The predicted molar refractivity (Wildman–Crippen MR) is 188 cm³/mol. The third kappa shape index (κ3) is 20.2. The van der Waals surface area contributed by atoms with Gasteiger partial charge in [0.25, 0.3) is 5.97 Å². The number of amides is 4. The number of unbranched alkanes of at least 4 members (excludes halogenated alkanes) is 1. The van der Waals surface area contributed by atoms with Crippen molar-refractivity contribution in [2.75, 3.05) is 13.1 Å². The Kier molecular flexibility index (Phi) is 22.0. The number of benzene rings is 1. The van der Waals surface area contributed by atoms with E-state index in [1.807, 2.05) is 0 Å². The first-order chi connectivity index (χ1) is 24.3. The lowest BCUT2D eigenvalue weighted by molar-refractivity contribution is -0.143. The number of carbonyl (C=O) groups is 7. The Balaban J connectivity index is 0.00000615. The molecule has 0 unspecified atom stereocenters. The van der Waals surface area contributed by atoms with Crippen molar-refractivity contribution in [2.24, 2.45) is 33.8 Å². The Morgan fingerprint density at radius 1 is 0.750 bits per heavy atom. The lowest BCUT2D eigenvalue weighted by atomic mass is 10.0. The standard InChI is InChI=1S/C30H49N9O9.C2H4O2/c1-16(2)24(28(46)38-22(29(47)48)14-17-8-10-18(40)11-9-17)39-27(45)21(15-23(41)42)37-26(44)20(7-3-4-12-31)36-25(43)19(32)6-5-13-35-30(33)34;1-2(3)4/h8-11,16,19-22,24,40H,3-7,12-15,31-32H2,1-2H3,(H,36,43)(H,37,44)(H,38,46)(H,39,45)(H,41,42)(H,47,48)(H4,33,34,35);1H3,(H,3,4)/t19-,20+,21-,22+,24-;/m1./s1. The van der Waals surface area contributed by atoms with Gasteiger partial charge in [0.2, 0.25) is 23.6 Å². The minimum absolute atomic E-state index is 0.0240. The number of phenolic OH excluding ortho intramolecular Hbond substituents is 1. The number of carboxylic acid groups (broad SMARTS) is 3. The number of phenols is 1. The summed E-state index contributed by atoms with van der Waals surface area (Å²) in [6, 6.07) is -0.880. The number of hydrogen-bond acceptors (Lipinski definition) is 11. The minimum Gasteiger partial charge on any atom is -0.508 e. The van der Waals surface area contributed by atoms with Crippen molar-refractivity contribution in [1.82, 2.24) is 21.3 Å². The monoisotopic (exact) mass is 739 g/mol. The molecule has 1 aromatic carbocycles. The second kappa shape index (κ2) is 24.6. The number of rotatable bonds is 22. The van der Waals surface area contributed by atoms with Crippen LogP contribution in [0.5, 0.6) is 5.75 Å². The zero-order valence-corrected chi connectivity index (χ0v) is 29.5. The van der Waals surface area contributed by atoms with E-state index in [4.69, 9.17) is 32.8 Å². The highest BCUT2D eigenvalue weighted by Gasteiger charge is 2.34. The lowest BCUT2D eigenvalue weighted by Crippen LogP contribution is -2.59. The Hall–Kier alpha value is -5.50. The van der Waals surface area contributed by atoms with Crippen molar-refractivity contribution in [3.8, 4) is 5.75 Å². The Morgan fingerprint density at radius 3 is 1.79 bits per heavy atom. The van der Waals surface area contributed by atoms with E-state index < -0.39 is 84.1 Å². The zero-order valence-electron chi connectivity index (χ0n) is 29.5. The van der Waals surface area contributed by atoms with Crippen LogP contribution in [0.1, 0.15) is 64.9 Å². The number of nitrogens with zero attached hydrogens (tertiary/aromatic N) is 1. The third-order valence-electron chi connectivity index (χ3n) is 7.13. The molecule has 0 heterocycles. The highest BCUT2D eigenvalue weighted by atomic mass is 16.4. The molecule has 0 saturated carbocycles. The van der Waals surface area contributed by atoms with Crippen molar-refractivity contribution in [2.45, 2.75) is 95.9 Å². The quantitative estimate of drug-likeness (QED) is 0.0338. The number of aliphatic carboxylic acids is 3. The van der Waals surface area contributed by atoms with Gasteiger partial charge in [-0.3, -0.25) is 33.8 Å². The van der Waals surface area contributed by atoms with Crippen molar-refractivity contribution in [1.29, 1.82) is 0 Å². The van der Waals surface area contributed by atoms with E-state index in [0.29, 0.717) is 31.4 Å². The molecule has 16 N–H and O–H groups in total. The fourth-order valence-corrected chi connectivity index (χ4v) is 4.47. The number of carbonyl (C=O) groups excluding carboxylic acids is 4. The van der Waals surface area contributed by atoms with Crippen LogP contribution in [-0.2, 0) is 40.0 Å². The molecule has 1 rings (SSSR count). The second-order valence-electron chi connectivity index (χ2n) is 12.1. The summed E-state index contributed by atoms with van der Waals surface area (Å²) in [6.45, 7) is 4.79. The van der Waals surface area contributed by atoms with E-state index in [9.17, 15) is 44.1 Å². The van der Waals surface area contributed by atoms with Gasteiger partial charge in [-0.2, -0.15) is 0 Å². The maximum absolute atomic E-state index is 13.3. The average molecular weight is 740 g/mol. The molecule has 292 valence electrons. The van der Waals surface area contributed by atoms with Crippen LogP contribution in [0.25, 0.3) is 0 Å². The van der Waals surface area contributed by atoms with Crippen LogP contribution in [0.4, 0.5) is 0 Å². The molecule has 0 spiro atoms. The van der Waals surface area contributed by atoms with Crippen LogP contribution >= 0.6 is 0 Å². The van der Waals surface area contributed by atoms with Gasteiger partial charge in [-0.15, -0.1) is 0 Å². The maximum Gasteiger partial charge on any atom is 0.326 e. The summed E-state index contributed by atoms with van der Waals surface area (Å²) in [5, 5.41) is 45.8. The molecule has 20 heteroatoms. The van der Waals surface area contributed by atoms with E-state index in [2.05, 4.69) is 26.3 Å². The molecule has 0 aliphatic carbocycles. The van der Waals surface area contributed by atoms with E-state index in [-0.39, 0.29) is 37.5 Å². The summed E-state index contributed by atoms with van der Waals surface area (Å²) in [6.07, 6.45) is 0.608. The molecule has 4 amide bonds. The van der Waals surface area contributed by atoms with E-state index in [1.165, 1.54) is 24.3 Å². The van der Waals surface area contributed by atoms with Gasteiger partial charge in [0.1, 0.15) is 29.9 Å². The van der Waals surface area contributed by atoms with Gasteiger partial charge in [-0.05, 0) is 62.3 Å². The summed E-state index contributed by atoms with van der Waals surface area (Å²) in [5.74, 6) is -7.74. The van der Waals surface area contributed by atoms with E-state index in [0.717, 1.165) is 6.92 Å².